The molecule has 3 aromatic rings. The zero-order valence-electron chi connectivity index (χ0n) is 15.5. The van der Waals surface area contributed by atoms with Crippen LogP contribution in [0.2, 0.25) is 5.02 Å². The molecule has 0 aliphatic carbocycles. The molecule has 7 nitrogen and oxygen atoms in total. The van der Waals surface area contributed by atoms with E-state index in [2.05, 4.69) is 15.7 Å². The van der Waals surface area contributed by atoms with E-state index in [1.54, 1.807) is 24.3 Å². The van der Waals surface area contributed by atoms with Crippen LogP contribution in [0.5, 0.6) is 5.75 Å². The summed E-state index contributed by atoms with van der Waals surface area (Å²) in [6.07, 6.45) is -2.41. The summed E-state index contributed by atoms with van der Waals surface area (Å²) >= 11 is 5.97. The van der Waals surface area contributed by atoms with Gasteiger partial charge < -0.3 is 19.8 Å². The first-order chi connectivity index (χ1) is 14.3. The van der Waals surface area contributed by atoms with Crippen molar-refractivity contribution in [3.63, 3.8) is 0 Å². The fourth-order valence-corrected chi connectivity index (χ4v) is 3.54. The predicted octanol–water partition coefficient (Wildman–Crippen LogP) is 5.05. The summed E-state index contributed by atoms with van der Waals surface area (Å²) in [7, 11) is 1.42. The third-order valence-corrected chi connectivity index (χ3v) is 5.01. The Morgan fingerprint density at radius 2 is 2.20 bits per heavy atom. The Labute approximate surface area is 173 Å². The second-order valence-electron chi connectivity index (χ2n) is 6.66. The van der Waals surface area contributed by atoms with Crippen LogP contribution >= 0.6 is 11.6 Å². The lowest BCUT2D eigenvalue weighted by Gasteiger charge is -2.32. The largest absolute Gasteiger partial charge is 0.495 e. The van der Waals surface area contributed by atoms with E-state index >= 15 is 0 Å². The Morgan fingerprint density at radius 3 is 2.87 bits per heavy atom. The number of nitrogens with one attached hydrogen (secondary N) is 2. The molecule has 30 heavy (non-hydrogen) atoms. The van der Waals surface area contributed by atoms with Crippen molar-refractivity contribution in [2.75, 3.05) is 17.7 Å². The van der Waals surface area contributed by atoms with Crippen LogP contribution in [0.15, 0.2) is 47.2 Å². The molecule has 2 N–H and O–H groups in total. The molecule has 1 aliphatic rings. The molecule has 1 aliphatic heterocycles. The number of ether oxygens (including phenoxy) is 1. The Morgan fingerprint density at radius 1 is 1.40 bits per heavy atom. The lowest BCUT2D eigenvalue weighted by atomic mass is 10.0. The number of fused-ring (bicyclic) bond motifs is 1. The number of aromatic nitrogens is 2. The normalized spacial score (nSPS) is 18.4. The summed E-state index contributed by atoms with van der Waals surface area (Å²) in [4.78, 5) is 12.9. The van der Waals surface area contributed by atoms with Gasteiger partial charge in [0, 0.05) is 11.4 Å². The van der Waals surface area contributed by atoms with E-state index in [0.29, 0.717) is 16.5 Å². The van der Waals surface area contributed by atoms with Gasteiger partial charge in [-0.25, -0.2) is 4.68 Å². The van der Waals surface area contributed by atoms with Crippen LogP contribution in [0, 0.1) is 0 Å². The minimum absolute atomic E-state index is 0.0523. The minimum atomic E-state index is -4.56. The van der Waals surface area contributed by atoms with Crippen molar-refractivity contribution in [2.45, 2.75) is 24.7 Å². The lowest BCUT2D eigenvalue weighted by Crippen LogP contribution is -2.36. The molecule has 11 heteroatoms. The highest BCUT2D eigenvalue weighted by Gasteiger charge is 2.47. The van der Waals surface area contributed by atoms with Crippen LogP contribution in [-0.2, 0) is 0 Å². The van der Waals surface area contributed by atoms with E-state index in [1.165, 1.54) is 19.4 Å². The van der Waals surface area contributed by atoms with Crippen molar-refractivity contribution < 1.29 is 27.1 Å². The topological polar surface area (TPSA) is 81.3 Å². The summed E-state index contributed by atoms with van der Waals surface area (Å²) < 4.78 is 52.3. The van der Waals surface area contributed by atoms with Gasteiger partial charge >= 0.3 is 6.18 Å². The Hall–Kier alpha value is -3.14. The molecule has 0 saturated carbocycles. The maximum absolute atomic E-state index is 13.7. The maximum Gasteiger partial charge on any atom is 0.410 e. The maximum atomic E-state index is 13.7. The van der Waals surface area contributed by atoms with Crippen LogP contribution in [0.25, 0.3) is 0 Å². The fraction of sp³-hybridized carbons (Fsp3) is 0.263. The molecule has 2 atom stereocenters. The first-order valence-corrected chi connectivity index (χ1v) is 9.24. The first-order valence-electron chi connectivity index (χ1n) is 8.87. The molecule has 4 rings (SSSR count). The van der Waals surface area contributed by atoms with Gasteiger partial charge in [0.05, 0.1) is 31.3 Å². The minimum Gasteiger partial charge on any atom is -0.495 e. The van der Waals surface area contributed by atoms with Crippen molar-refractivity contribution >= 4 is 29.0 Å². The number of alkyl halides is 3. The third-order valence-electron chi connectivity index (χ3n) is 4.78. The van der Waals surface area contributed by atoms with Gasteiger partial charge in [-0.15, -0.1) is 0 Å². The average molecular weight is 441 g/mol. The molecule has 1 aromatic carbocycles. The fourth-order valence-electron chi connectivity index (χ4n) is 3.37. The molecule has 2 aromatic heterocycles. The van der Waals surface area contributed by atoms with Crippen molar-refractivity contribution in [1.82, 2.24) is 9.78 Å². The number of benzene rings is 1. The molecular weight excluding hydrogens is 425 g/mol. The predicted molar refractivity (Wildman–Crippen MR) is 103 cm³/mol. The Balaban J connectivity index is 1.69. The van der Waals surface area contributed by atoms with E-state index < -0.39 is 24.2 Å². The van der Waals surface area contributed by atoms with Crippen molar-refractivity contribution in [2.24, 2.45) is 0 Å². The number of amides is 1. The number of furan rings is 1. The van der Waals surface area contributed by atoms with Crippen LogP contribution in [0.1, 0.15) is 34.6 Å². The summed E-state index contributed by atoms with van der Waals surface area (Å²) in [6.45, 7) is 0. The molecule has 0 radical (unpaired) electrons. The quantitative estimate of drug-likeness (QED) is 0.593. The first kappa shape index (κ1) is 20.1. The molecule has 1 amide bonds. The number of hydrogen-bond donors (Lipinski definition) is 2. The van der Waals surface area contributed by atoms with Gasteiger partial charge in [-0.2, -0.15) is 18.3 Å². The van der Waals surface area contributed by atoms with Crippen molar-refractivity contribution in [1.29, 1.82) is 0 Å². The molecule has 0 bridgehead atoms. The molecule has 3 heterocycles. The highest BCUT2D eigenvalue weighted by molar-refractivity contribution is 6.31. The summed E-state index contributed by atoms with van der Waals surface area (Å²) in [5, 5.41) is 9.74. The van der Waals surface area contributed by atoms with Gasteiger partial charge in [0.25, 0.3) is 5.91 Å². The number of rotatable bonds is 4. The number of anilines is 2. The number of methoxy groups -OCH3 is 1. The molecule has 158 valence electrons. The van der Waals surface area contributed by atoms with E-state index in [1.807, 2.05) is 0 Å². The van der Waals surface area contributed by atoms with E-state index in [4.69, 9.17) is 20.8 Å². The highest BCUT2D eigenvalue weighted by atomic mass is 35.5. The van der Waals surface area contributed by atoms with Crippen LogP contribution in [0.3, 0.4) is 0 Å². The SMILES string of the molecule is COc1ccc(Cl)cc1NC(=O)c1cnn2c1N[C@H](c1ccco1)C[C@H]2C(F)(F)F. The second kappa shape index (κ2) is 7.60. The number of nitrogens with zero attached hydrogens (tertiary/aromatic N) is 2. The number of hydrogen-bond acceptors (Lipinski definition) is 5. The third kappa shape index (κ3) is 3.70. The number of carbonyl (C=O) groups is 1. The smallest absolute Gasteiger partial charge is 0.410 e. The molecule has 0 spiro atoms. The van der Waals surface area contributed by atoms with Crippen LogP contribution in [0.4, 0.5) is 24.7 Å². The lowest BCUT2D eigenvalue weighted by molar-refractivity contribution is -0.174. The summed E-state index contributed by atoms with van der Waals surface area (Å²) in [6, 6.07) is 5.11. The molecular formula is C19H16ClF3N4O3. The van der Waals surface area contributed by atoms with Crippen molar-refractivity contribution in [3.8, 4) is 5.75 Å². The number of halogens is 4. The van der Waals surface area contributed by atoms with Gasteiger partial charge in [0.1, 0.15) is 22.9 Å². The van der Waals surface area contributed by atoms with Crippen LogP contribution < -0.4 is 15.4 Å². The zero-order chi connectivity index (χ0) is 21.5. The standard InChI is InChI=1S/C19H16ClF3N4O3/c1-29-14-5-4-10(20)7-12(14)26-18(28)11-9-24-27-16(19(21,22)23)8-13(25-17(11)27)15-3-2-6-30-15/h2-7,9,13,16,25H,8H2,1H3,(H,26,28)/t13-,16-/m0/s1. The highest BCUT2D eigenvalue weighted by Crippen LogP contribution is 2.44. The van der Waals surface area contributed by atoms with Gasteiger partial charge in [0.2, 0.25) is 0 Å². The molecule has 0 saturated heterocycles. The van der Waals surface area contributed by atoms with Crippen molar-refractivity contribution in [3.05, 3.63) is 59.1 Å². The zero-order valence-corrected chi connectivity index (χ0v) is 16.3. The summed E-state index contributed by atoms with van der Waals surface area (Å²) in [5.74, 6) is -0.0308. The van der Waals surface area contributed by atoms with Gasteiger partial charge in [-0.3, -0.25) is 4.79 Å². The van der Waals surface area contributed by atoms with E-state index in [-0.39, 0.29) is 23.5 Å². The second-order valence-corrected chi connectivity index (χ2v) is 7.09. The van der Waals surface area contributed by atoms with E-state index in [9.17, 15) is 18.0 Å². The van der Waals surface area contributed by atoms with Crippen LogP contribution in [-0.4, -0.2) is 29.0 Å². The average Bonchev–Trinajstić information content (AvgIpc) is 3.36. The van der Waals surface area contributed by atoms with Gasteiger partial charge in [-0.1, -0.05) is 11.6 Å². The molecule has 0 fully saturated rings. The molecule has 0 unspecified atom stereocenters. The van der Waals surface area contributed by atoms with E-state index in [0.717, 1.165) is 10.9 Å². The monoisotopic (exact) mass is 440 g/mol. The Kier molecular flexibility index (Phi) is 5.10. The summed E-state index contributed by atoms with van der Waals surface area (Å²) in [5.41, 5.74) is 0.225. The Bertz CT molecular complexity index is 1070. The van der Waals surface area contributed by atoms with Gasteiger partial charge in [0.15, 0.2) is 6.04 Å². The van der Waals surface area contributed by atoms with Gasteiger partial charge in [-0.05, 0) is 30.3 Å². The number of carbonyl (C=O) groups excluding carboxylic acids is 1.